The Hall–Kier alpha value is -2.77. The minimum absolute atomic E-state index is 0.162. The van der Waals surface area contributed by atoms with Gasteiger partial charge in [0.05, 0.1) is 17.0 Å². The number of para-hydroxylation sites is 1. The summed E-state index contributed by atoms with van der Waals surface area (Å²) in [5, 5.41) is 17.5. The first kappa shape index (κ1) is 20.2. The van der Waals surface area contributed by atoms with E-state index < -0.39 is 0 Å². The van der Waals surface area contributed by atoms with Crippen LogP contribution >= 0.6 is 0 Å². The number of anilines is 2. The number of hydrogen-bond acceptors (Lipinski definition) is 7. The molecule has 1 aromatic carbocycles. The van der Waals surface area contributed by atoms with Crippen LogP contribution in [0.5, 0.6) is 5.88 Å². The molecule has 1 aliphatic heterocycles. The Morgan fingerprint density at radius 2 is 1.71 bits per heavy atom. The molecule has 7 nitrogen and oxygen atoms in total. The van der Waals surface area contributed by atoms with Gasteiger partial charge in [0.25, 0.3) is 0 Å². The Morgan fingerprint density at radius 1 is 0.935 bits per heavy atom. The maximum Gasteiger partial charge on any atom is 0.227 e. The maximum absolute atomic E-state index is 9.95. The van der Waals surface area contributed by atoms with Gasteiger partial charge in [0.15, 0.2) is 0 Å². The topological polar surface area (TPSA) is 92.2 Å². The van der Waals surface area contributed by atoms with Gasteiger partial charge in [0.1, 0.15) is 6.10 Å². The number of aliphatic hydroxyl groups is 1. The van der Waals surface area contributed by atoms with Gasteiger partial charge in [-0.15, -0.1) is 0 Å². The lowest BCUT2D eigenvalue weighted by molar-refractivity contribution is 0.122. The normalized spacial score (nSPS) is 22.4. The Kier molecular flexibility index (Phi) is 5.95. The van der Waals surface area contributed by atoms with E-state index >= 15 is 0 Å². The predicted molar refractivity (Wildman–Crippen MR) is 121 cm³/mol. The van der Waals surface area contributed by atoms with Gasteiger partial charge in [0.2, 0.25) is 11.8 Å². The van der Waals surface area contributed by atoms with E-state index in [9.17, 15) is 5.11 Å². The monoisotopic (exact) mass is 419 g/mol. The second-order valence-electron chi connectivity index (χ2n) is 8.54. The first-order chi connectivity index (χ1) is 15.3. The van der Waals surface area contributed by atoms with E-state index in [0.29, 0.717) is 17.7 Å². The lowest BCUT2D eigenvalue weighted by Gasteiger charge is -2.27. The highest BCUT2D eigenvalue weighted by Gasteiger charge is 2.25. The van der Waals surface area contributed by atoms with Gasteiger partial charge in [-0.2, -0.15) is 0 Å². The summed E-state index contributed by atoms with van der Waals surface area (Å²) in [6.45, 7) is 1.93. The Labute approximate surface area is 182 Å². The van der Waals surface area contributed by atoms with Crippen LogP contribution in [0.25, 0.3) is 10.9 Å². The summed E-state index contributed by atoms with van der Waals surface area (Å²) in [4.78, 5) is 14.2. The molecular weight excluding hydrogens is 390 g/mol. The molecule has 0 amide bonds. The number of benzene rings is 1. The first-order valence-corrected chi connectivity index (χ1v) is 11.3. The molecule has 1 saturated carbocycles. The van der Waals surface area contributed by atoms with Gasteiger partial charge in [-0.25, -0.2) is 15.0 Å². The average Bonchev–Trinajstić information content (AvgIpc) is 2.81. The molecule has 5 rings (SSSR count). The number of rotatable bonds is 5. The lowest BCUT2D eigenvalue weighted by atomic mass is 9.83. The molecule has 3 N–H and O–H groups in total. The van der Waals surface area contributed by atoms with Gasteiger partial charge >= 0.3 is 0 Å². The fraction of sp³-hybridized carbons (Fsp3) is 0.458. The number of piperidine rings is 1. The molecule has 0 radical (unpaired) electrons. The van der Waals surface area contributed by atoms with Gasteiger partial charge in [-0.05, 0) is 69.7 Å². The Bertz CT molecular complexity index is 1020. The van der Waals surface area contributed by atoms with Crippen LogP contribution in [0.15, 0.2) is 42.7 Å². The molecule has 0 atom stereocenters. The van der Waals surface area contributed by atoms with E-state index in [2.05, 4.69) is 15.6 Å². The first-order valence-electron chi connectivity index (χ1n) is 11.3. The van der Waals surface area contributed by atoms with Crippen molar-refractivity contribution in [2.45, 2.75) is 56.7 Å². The maximum atomic E-state index is 9.95. The zero-order valence-corrected chi connectivity index (χ0v) is 17.6. The highest BCUT2D eigenvalue weighted by molar-refractivity contribution is 5.87. The molecule has 1 aliphatic carbocycles. The van der Waals surface area contributed by atoms with Crippen molar-refractivity contribution >= 4 is 22.5 Å². The zero-order valence-electron chi connectivity index (χ0n) is 17.6. The number of aromatic nitrogens is 3. The number of hydrogen-bond donors (Lipinski definition) is 3. The Morgan fingerprint density at radius 3 is 2.48 bits per heavy atom. The van der Waals surface area contributed by atoms with Crippen LogP contribution < -0.4 is 15.4 Å². The van der Waals surface area contributed by atoms with Gasteiger partial charge < -0.3 is 20.5 Å². The summed E-state index contributed by atoms with van der Waals surface area (Å²) in [7, 11) is 0. The molecule has 2 aliphatic rings. The predicted octanol–water partition coefficient (Wildman–Crippen LogP) is 3.92. The molecule has 3 aromatic rings. The molecular formula is C24H29N5O2. The van der Waals surface area contributed by atoms with Crippen LogP contribution in [-0.4, -0.2) is 45.4 Å². The third-order valence-corrected chi connectivity index (χ3v) is 6.34. The van der Waals surface area contributed by atoms with E-state index in [1.165, 1.54) is 0 Å². The zero-order chi connectivity index (χ0) is 21.0. The summed E-state index contributed by atoms with van der Waals surface area (Å²) in [5.41, 5.74) is 2.97. The minimum atomic E-state index is -0.192. The van der Waals surface area contributed by atoms with E-state index in [-0.39, 0.29) is 12.2 Å². The minimum Gasteiger partial charge on any atom is -0.474 e. The van der Waals surface area contributed by atoms with Crippen LogP contribution in [0, 0.1) is 0 Å². The van der Waals surface area contributed by atoms with Crippen molar-refractivity contribution in [3.05, 3.63) is 48.3 Å². The fourth-order valence-electron chi connectivity index (χ4n) is 4.58. The van der Waals surface area contributed by atoms with E-state index in [1.54, 1.807) is 0 Å². The van der Waals surface area contributed by atoms with E-state index in [1.807, 2.05) is 42.7 Å². The molecule has 3 heterocycles. The highest BCUT2D eigenvalue weighted by atomic mass is 16.5. The number of nitrogens with zero attached hydrogens (tertiary/aromatic N) is 3. The number of fused-ring (bicyclic) bond motifs is 1. The van der Waals surface area contributed by atoms with Crippen LogP contribution in [0.4, 0.5) is 11.6 Å². The third-order valence-electron chi connectivity index (χ3n) is 6.34. The Balaban J connectivity index is 1.51. The van der Waals surface area contributed by atoms with Crippen molar-refractivity contribution in [3.63, 3.8) is 0 Å². The van der Waals surface area contributed by atoms with Crippen LogP contribution in [0.2, 0.25) is 0 Å². The third kappa shape index (κ3) is 4.62. The molecule has 2 aromatic heterocycles. The van der Waals surface area contributed by atoms with Crippen molar-refractivity contribution < 1.29 is 9.84 Å². The second kappa shape index (κ2) is 9.16. The highest BCUT2D eigenvalue weighted by Crippen LogP contribution is 2.38. The van der Waals surface area contributed by atoms with Crippen molar-refractivity contribution in [1.82, 2.24) is 20.3 Å². The van der Waals surface area contributed by atoms with Crippen molar-refractivity contribution in [3.8, 4) is 5.88 Å². The van der Waals surface area contributed by atoms with Gasteiger partial charge in [-0.3, -0.25) is 0 Å². The number of ether oxygens (including phenoxy) is 1. The SMILES string of the molecule is O[C@H]1CC[C@H](c2cnc(OC3CCNCC3)c3cnc(Nc4ccccc4)nc32)CC1. The van der Waals surface area contributed by atoms with Gasteiger partial charge in [-0.1, -0.05) is 18.2 Å². The van der Waals surface area contributed by atoms with Crippen molar-refractivity contribution in [1.29, 1.82) is 0 Å². The molecule has 1 saturated heterocycles. The molecule has 162 valence electrons. The molecule has 0 spiro atoms. The summed E-state index contributed by atoms with van der Waals surface area (Å²) >= 11 is 0. The molecule has 2 fully saturated rings. The molecule has 0 unspecified atom stereocenters. The fourth-order valence-corrected chi connectivity index (χ4v) is 4.58. The van der Waals surface area contributed by atoms with Crippen molar-refractivity contribution in [2.24, 2.45) is 0 Å². The van der Waals surface area contributed by atoms with Crippen LogP contribution in [0.1, 0.15) is 50.0 Å². The smallest absolute Gasteiger partial charge is 0.227 e. The van der Waals surface area contributed by atoms with E-state index in [4.69, 9.17) is 14.7 Å². The van der Waals surface area contributed by atoms with Gasteiger partial charge in [0, 0.05) is 23.6 Å². The summed E-state index contributed by atoms with van der Waals surface area (Å²) in [6, 6.07) is 9.94. The summed E-state index contributed by atoms with van der Waals surface area (Å²) < 4.78 is 6.29. The largest absolute Gasteiger partial charge is 0.474 e. The second-order valence-corrected chi connectivity index (χ2v) is 8.54. The summed E-state index contributed by atoms with van der Waals surface area (Å²) in [5.74, 6) is 1.52. The summed E-state index contributed by atoms with van der Waals surface area (Å²) in [6.07, 6.45) is 9.20. The quantitative estimate of drug-likeness (QED) is 0.577. The van der Waals surface area contributed by atoms with E-state index in [0.717, 1.165) is 73.8 Å². The standard InChI is InChI=1S/C24H29N5O2/c30-18-8-6-16(7-9-18)20-14-26-23(31-19-10-12-25-13-11-19)21-15-27-24(29-22(20)21)28-17-4-2-1-3-5-17/h1-5,14-16,18-19,25,30H,6-13H2,(H,27,28,29)/t16-,18-. The number of nitrogens with one attached hydrogen (secondary N) is 2. The number of aliphatic hydroxyl groups excluding tert-OH is 1. The average molecular weight is 420 g/mol. The molecule has 0 bridgehead atoms. The molecule has 7 heteroatoms. The van der Waals surface area contributed by atoms with Crippen LogP contribution in [0.3, 0.4) is 0 Å². The van der Waals surface area contributed by atoms with Crippen LogP contribution in [-0.2, 0) is 0 Å². The number of pyridine rings is 1. The van der Waals surface area contributed by atoms with Crippen molar-refractivity contribution in [2.75, 3.05) is 18.4 Å². The lowest BCUT2D eigenvalue weighted by Crippen LogP contribution is -2.34. The molecule has 31 heavy (non-hydrogen) atoms.